The van der Waals surface area contributed by atoms with Gasteiger partial charge in [-0.15, -0.1) is 0 Å². The number of unbranched alkanes of at least 4 members (excludes halogenated alkanes) is 1. The second-order valence-corrected chi connectivity index (χ2v) is 5.46. The molecular formula is C18H23FN2O. The van der Waals surface area contributed by atoms with E-state index in [1.165, 1.54) is 5.56 Å². The van der Waals surface area contributed by atoms with Crippen molar-refractivity contribution in [2.75, 3.05) is 6.61 Å². The van der Waals surface area contributed by atoms with Gasteiger partial charge in [-0.25, -0.2) is 14.4 Å². The van der Waals surface area contributed by atoms with Crippen LogP contribution in [-0.4, -0.2) is 22.7 Å². The number of nitrogens with zero attached hydrogens (tertiary/aromatic N) is 2. The van der Waals surface area contributed by atoms with Gasteiger partial charge in [0.15, 0.2) is 11.6 Å². The average Bonchev–Trinajstić information content (AvgIpc) is 2.55. The molecule has 0 bridgehead atoms. The van der Waals surface area contributed by atoms with Crippen LogP contribution in [0.1, 0.15) is 38.2 Å². The highest BCUT2D eigenvalue weighted by molar-refractivity contribution is 5.55. The maximum absolute atomic E-state index is 13.1. The molecule has 118 valence electrons. The Hall–Kier alpha value is -1.97. The van der Waals surface area contributed by atoms with Gasteiger partial charge in [-0.2, -0.15) is 0 Å². The van der Waals surface area contributed by atoms with E-state index in [4.69, 9.17) is 4.74 Å². The van der Waals surface area contributed by atoms with Gasteiger partial charge in [0, 0.05) is 5.56 Å². The van der Waals surface area contributed by atoms with Crippen molar-refractivity contribution in [3.8, 4) is 17.1 Å². The number of aromatic nitrogens is 2. The lowest BCUT2D eigenvalue weighted by atomic mass is 10.1. The van der Waals surface area contributed by atoms with Gasteiger partial charge < -0.3 is 4.74 Å². The highest BCUT2D eigenvalue weighted by atomic mass is 19.1. The summed E-state index contributed by atoms with van der Waals surface area (Å²) in [7, 11) is 0. The summed E-state index contributed by atoms with van der Waals surface area (Å²) in [6, 6.07) is 8.09. The van der Waals surface area contributed by atoms with Gasteiger partial charge in [0.05, 0.1) is 25.2 Å². The van der Waals surface area contributed by atoms with Crippen molar-refractivity contribution in [1.29, 1.82) is 0 Å². The molecule has 1 aromatic heterocycles. The minimum Gasteiger partial charge on any atom is -0.490 e. The Bertz CT molecular complexity index is 554. The van der Waals surface area contributed by atoms with Gasteiger partial charge in [-0.1, -0.05) is 36.8 Å². The third kappa shape index (κ3) is 5.10. The number of benzene rings is 1. The summed E-state index contributed by atoms with van der Waals surface area (Å²) < 4.78 is 18.6. The van der Waals surface area contributed by atoms with E-state index in [-0.39, 0.29) is 0 Å². The largest absolute Gasteiger partial charge is 0.490 e. The highest BCUT2D eigenvalue weighted by Crippen LogP contribution is 2.17. The van der Waals surface area contributed by atoms with Gasteiger partial charge in [-0.3, -0.25) is 0 Å². The van der Waals surface area contributed by atoms with Crippen molar-refractivity contribution in [3.63, 3.8) is 0 Å². The first-order valence-electron chi connectivity index (χ1n) is 7.85. The number of ether oxygens (including phenoxy) is 1. The number of aryl methyl sites for hydroxylation is 1. The Morgan fingerprint density at radius 2 is 1.77 bits per heavy atom. The lowest BCUT2D eigenvalue weighted by Gasteiger charge is -2.07. The first kappa shape index (κ1) is 16.4. The standard InChI is InChI=1S/C18H23FN2O/c1-3-16(19)6-4-5-11-22-17-12-20-18(21-13-17)15-9-7-14(2)8-10-15/h7-10,12-13,16H,3-6,11H2,1-2H3/t16-/m1/s1. The number of hydrogen-bond donors (Lipinski definition) is 0. The fourth-order valence-corrected chi connectivity index (χ4v) is 2.10. The molecule has 0 radical (unpaired) electrons. The fourth-order valence-electron chi connectivity index (χ4n) is 2.10. The molecule has 2 aromatic rings. The van der Waals surface area contributed by atoms with Crippen molar-refractivity contribution >= 4 is 0 Å². The van der Waals surface area contributed by atoms with E-state index in [0.29, 0.717) is 31.0 Å². The lowest BCUT2D eigenvalue weighted by molar-refractivity contribution is 0.269. The summed E-state index contributed by atoms with van der Waals surface area (Å²) in [6.07, 6.45) is 5.59. The summed E-state index contributed by atoms with van der Waals surface area (Å²) >= 11 is 0. The Morgan fingerprint density at radius 3 is 2.41 bits per heavy atom. The maximum Gasteiger partial charge on any atom is 0.159 e. The average molecular weight is 302 g/mol. The van der Waals surface area contributed by atoms with Gasteiger partial charge in [0.2, 0.25) is 0 Å². The van der Waals surface area contributed by atoms with Crippen LogP contribution in [0.4, 0.5) is 4.39 Å². The zero-order chi connectivity index (χ0) is 15.8. The van der Waals surface area contributed by atoms with Gasteiger partial charge in [0.25, 0.3) is 0 Å². The molecule has 0 aliphatic rings. The van der Waals surface area contributed by atoms with Crippen LogP contribution in [0.25, 0.3) is 11.4 Å². The highest BCUT2D eigenvalue weighted by Gasteiger charge is 2.04. The molecule has 0 unspecified atom stereocenters. The third-order valence-electron chi connectivity index (χ3n) is 3.56. The molecule has 0 fully saturated rings. The topological polar surface area (TPSA) is 35.0 Å². The molecule has 0 spiro atoms. The van der Waals surface area contributed by atoms with Crippen LogP contribution in [0.15, 0.2) is 36.7 Å². The molecule has 3 nitrogen and oxygen atoms in total. The van der Waals surface area contributed by atoms with Crippen LogP contribution in [-0.2, 0) is 0 Å². The second-order valence-electron chi connectivity index (χ2n) is 5.46. The minimum atomic E-state index is -0.683. The minimum absolute atomic E-state index is 0.573. The normalized spacial score (nSPS) is 12.1. The van der Waals surface area contributed by atoms with Gasteiger partial charge in [0.1, 0.15) is 0 Å². The Morgan fingerprint density at radius 1 is 1.09 bits per heavy atom. The maximum atomic E-state index is 13.1. The molecule has 1 heterocycles. The van der Waals surface area contributed by atoms with E-state index >= 15 is 0 Å². The van der Waals surface area contributed by atoms with Crippen molar-refractivity contribution in [2.24, 2.45) is 0 Å². The quantitative estimate of drug-likeness (QED) is 0.660. The zero-order valence-electron chi connectivity index (χ0n) is 13.3. The van der Waals surface area contributed by atoms with E-state index < -0.39 is 6.17 Å². The van der Waals surface area contributed by atoms with E-state index in [1.807, 2.05) is 38.1 Å². The lowest BCUT2D eigenvalue weighted by Crippen LogP contribution is -2.02. The summed E-state index contributed by atoms with van der Waals surface area (Å²) in [5.74, 6) is 1.35. The molecule has 1 atom stereocenters. The van der Waals surface area contributed by atoms with E-state index in [1.54, 1.807) is 12.4 Å². The first-order valence-corrected chi connectivity index (χ1v) is 7.85. The fraction of sp³-hybridized carbons (Fsp3) is 0.444. The van der Waals surface area contributed by atoms with Crippen LogP contribution in [0.3, 0.4) is 0 Å². The molecule has 0 aliphatic heterocycles. The Kier molecular flexibility index (Phi) is 6.31. The number of alkyl halides is 1. The monoisotopic (exact) mass is 302 g/mol. The second kappa shape index (κ2) is 8.47. The molecule has 0 amide bonds. The van der Waals surface area contributed by atoms with Crippen LogP contribution < -0.4 is 4.74 Å². The van der Waals surface area contributed by atoms with Crippen molar-refractivity contribution in [3.05, 3.63) is 42.2 Å². The molecule has 22 heavy (non-hydrogen) atoms. The van der Waals surface area contributed by atoms with Crippen molar-refractivity contribution in [2.45, 2.75) is 45.7 Å². The first-order chi connectivity index (χ1) is 10.7. The van der Waals surface area contributed by atoms with Gasteiger partial charge in [-0.05, 0) is 32.6 Å². The van der Waals surface area contributed by atoms with Crippen molar-refractivity contribution < 1.29 is 9.13 Å². The van der Waals surface area contributed by atoms with E-state index in [9.17, 15) is 4.39 Å². The summed E-state index contributed by atoms with van der Waals surface area (Å²) in [4.78, 5) is 8.65. The predicted molar refractivity (Wildman–Crippen MR) is 86.7 cm³/mol. The summed E-state index contributed by atoms with van der Waals surface area (Å²) in [5, 5.41) is 0. The van der Waals surface area contributed by atoms with E-state index in [0.717, 1.165) is 18.4 Å². The molecule has 0 saturated carbocycles. The molecule has 1 aromatic carbocycles. The SMILES string of the molecule is CC[C@@H](F)CCCCOc1cnc(-c2ccc(C)cc2)nc1. The number of halogens is 1. The van der Waals surface area contributed by atoms with Crippen LogP contribution >= 0.6 is 0 Å². The zero-order valence-corrected chi connectivity index (χ0v) is 13.3. The molecule has 0 saturated heterocycles. The summed E-state index contributed by atoms with van der Waals surface area (Å²) in [5.41, 5.74) is 2.20. The summed E-state index contributed by atoms with van der Waals surface area (Å²) in [6.45, 7) is 4.49. The van der Waals surface area contributed by atoms with Crippen LogP contribution in [0, 0.1) is 6.92 Å². The molecular weight excluding hydrogens is 279 g/mol. The number of hydrogen-bond acceptors (Lipinski definition) is 3. The molecule has 0 aliphatic carbocycles. The van der Waals surface area contributed by atoms with Crippen LogP contribution in [0.5, 0.6) is 5.75 Å². The third-order valence-corrected chi connectivity index (χ3v) is 3.56. The van der Waals surface area contributed by atoms with Gasteiger partial charge >= 0.3 is 0 Å². The smallest absolute Gasteiger partial charge is 0.159 e. The number of rotatable bonds is 8. The molecule has 0 N–H and O–H groups in total. The Labute approximate surface area is 131 Å². The Balaban J connectivity index is 1.78. The van der Waals surface area contributed by atoms with E-state index in [2.05, 4.69) is 9.97 Å². The van der Waals surface area contributed by atoms with Crippen LogP contribution in [0.2, 0.25) is 0 Å². The molecule has 2 rings (SSSR count). The van der Waals surface area contributed by atoms with Crippen molar-refractivity contribution in [1.82, 2.24) is 9.97 Å². The molecule has 4 heteroatoms. The predicted octanol–water partition coefficient (Wildman–Crippen LogP) is 4.75.